The fourth-order valence-corrected chi connectivity index (χ4v) is 13.6. The van der Waals surface area contributed by atoms with E-state index in [0.717, 1.165) is 0 Å². The van der Waals surface area contributed by atoms with Crippen molar-refractivity contribution in [2.45, 2.75) is 91.4 Å². The molecule has 0 nitrogen and oxygen atoms in total. The average molecular weight is 273 g/mol. The molecule has 0 aromatic carbocycles. The molecule has 2 heteroatoms. The molecule has 0 aromatic heterocycles. The van der Waals surface area contributed by atoms with E-state index < -0.39 is 8.31 Å². The first-order valence-electron chi connectivity index (χ1n) is 7.60. The molecule has 0 bridgehead atoms. The van der Waals surface area contributed by atoms with Gasteiger partial charge in [0.2, 0.25) is 0 Å². The van der Waals surface area contributed by atoms with E-state index >= 15 is 0 Å². The lowest BCUT2D eigenvalue weighted by Crippen LogP contribution is -2.38. The van der Waals surface area contributed by atoms with Gasteiger partial charge >= 0.3 is 0 Å². The van der Waals surface area contributed by atoms with Gasteiger partial charge in [-0.3, -0.25) is 0 Å². The third-order valence-electron chi connectivity index (χ3n) is 4.83. The van der Waals surface area contributed by atoms with E-state index in [2.05, 4.69) is 54.6 Å². The molecule has 0 aliphatic heterocycles. The van der Waals surface area contributed by atoms with Crippen molar-refractivity contribution in [3.8, 4) is 0 Å². The van der Waals surface area contributed by atoms with Crippen LogP contribution in [0.5, 0.6) is 0 Å². The number of hydrogen-bond acceptors (Lipinski definition) is 0. The molecule has 0 rings (SSSR count). The van der Waals surface area contributed by atoms with Gasteiger partial charge in [0.1, 0.15) is 0 Å². The van der Waals surface area contributed by atoms with E-state index in [1.54, 1.807) is 6.04 Å². The lowest BCUT2D eigenvalue weighted by atomic mass is 9.90. The second kappa shape index (κ2) is 7.13. The first kappa shape index (κ1) is 17.4. The van der Waals surface area contributed by atoms with Crippen molar-refractivity contribution < 1.29 is 0 Å². The molecule has 0 N–H and O–H groups in total. The molecule has 0 heterocycles. The Kier molecular flexibility index (Phi) is 7.31. The zero-order chi connectivity index (χ0) is 13.7. The van der Waals surface area contributed by atoms with Crippen LogP contribution in [0.15, 0.2) is 0 Å². The Morgan fingerprint density at radius 1 is 0.882 bits per heavy atom. The van der Waals surface area contributed by atoms with Crippen molar-refractivity contribution in [3.05, 3.63) is 0 Å². The zero-order valence-corrected chi connectivity index (χ0v) is 16.0. The molecular formula is C15H36Si2. The van der Waals surface area contributed by atoms with E-state index in [4.69, 9.17) is 0 Å². The Hall–Kier alpha value is 0.434. The van der Waals surface area contributed by atoms with Crippen LogP contribution < -0.4 is 0 Å². The van der Waals surface area contributed by atoms with Gasteiger partial charge in [0.25, 0.3) is 0 Å². The predicted octanol–water partition coefficient (Wildman–Crippen LogP) is 5.19. The standard InChI is InChI=1S/C15H36Si2/c1-9-15(5,6)17(8)16(7)13-11-10-12-14(2,3)4/h16-17H,9-13H2,1-8H3. The van der Waals surface area contributed by atoms with Crippen molar-refractivity contribution in [1.29, 1.82) is 0 Å². The smallest absolute Gasteiger partial charge is 0.0309 e. The van der Waals surface area contributed by atoms with Crippen molar-refractivity contribution in [1.82, 2.24) is 0 Å². The lowest BCUT2D eigenvalue weighted by molar-refractivity contribution is 0.363. The molecule has 2 unspecified atom stereocenters. The van der Waals surface area contributed by atoms with Gasteiger partial charge in [-0.15, -0.1) is 0 Å². The summed E-state index contributed by atoms with van der Waals surface area (Å²) in [5.41, 5.74) is 0.538. The molecule has 0 fully saturated rings. The highest BCUT2D eigenvalue weighted by atomic mass is 29.2. The molecule has 0 aliphatic rings. The van der Waals surface area contributed by atoms with Crippen LogP contribution in [-0.2, 0) is 0 Å². The van der Waals surface area contributed by atoms with Crippen LogP contribution in [0.3, 0.4) is 0 Å². The Morgan fingerprint density at radius 2 is 1.41 bits per heavy atom. The summed E-state index contributed by atoms with van der Waals surface area (Å²) in [6, 6.07) is 1.60. The minimum Gasteiger partial charge on any atom is -0.0741 e. The van der Waals surface area contributed by atoms with Gasteiger partial charge in [0.15, 0.2) is 0 Å². The molecule has 0 radical (unpaired) electrons. The topological polar surface area (TPSA) is 0 Å². The van der Waals surface area contributed by atoms with Crippen LogP contribution in [0, 0.1) is 5.41 Å². The highest BCUT2D eigenvalue weighted by molar-refractivity contribution is 7.22. The van der Waals surface area contributed by atoms with E-state index in [1.165, 1.54) is 25.7 Å². The van der Waals surface area contributed by atoms with Gasteiger partial charge in [-0.2, -0.15) is 0 Å². The fourth-order valence-electron chi connectivity index (χ4n) is 2.46. The second-order valence-electron chi connectivity index (χ2n) is 7.91. The maximum Gasteiger partial charge on any atom is 0.0309 e. The molecule has 0 spiro atoms. The molecule has 17 heavy (non-hydrogen) atoms. The summed E-state index contributed by atoms with van der Waals surface area (Å²) in [7, 11) is -0.837. The second-order valence-corrected chi connectivity index (χ2v) is 20.0. The highest BCUT2D eigenvalue weighted by Gasteiger charge is 2.29. The summed E-state index contributed by atoms with van der Waals surface area (Å²) >= 11 is 0. The minimum atomic E-state index is -0.451. The molecule has 0 aliphatic carbocycles. The van der Waals surface area contributed by atoms with Gasteiger partial charge in [-0.1, -0.05) is 79.9 Å². The van der Waals surface area contributed by atoms with Crippen LogP contribution in [0.2, 0.25) is 24.2 Å². The maximum absolute atomic E-state index is 2.64. The maximum atomic E-state index is 2.64. The monoisotopic (exact) mass is 272 g/mol. The lowest BCUT2D eigenvalue weighted by Gasteiger charge is -2.33. The van der Waals surface area contributed by atoms with Crippen LogP contribution in [0.1, 0.15) is 67.2 Å². The molecule has 0 saturated heterocycles. The third-order valence-corrected chi connectivity index (χ3v) is 19.6. The Labute approximate surface area is 114 Å². The van der Waals surface area contributed by atoms with Crippen LogP contribution in [0.25, 0.3) is 0 Å². The van der Waals surface area contributed by atoms with Crippen molar-refractivity contribution >= 4 is 16.6 Å². The SMILES string of the molecule is CCC(C)(C)[SiH](C)[SiH](C)CCCCC(C)(C)C. The van der Waals surface area contributed by atoms with Gasteiger partial charge in [0, 0.05) is 16.6 Å². The largest absolute Gasteiger partial charge is 0.0741 e. The summed E-state index contributed by atoms with van der Waals surface area (Å²) in [4.78, 5) is 0. The van der Waals surface area contributed by atoms with Crippen molar-refractivity contribution in [3.63, 3.8) is 0 Å². The molecule has 0 saturated carbocycles. The average Bonchev–Trinajstić information content (AvgIpc) is 2.21. The van der Waals surface area contributed by atoms with Gasteiger partial charge in [-0.05, 0) is 16.9 Å². The fraction of sp³-hybridized carbons (Fsp3) is 1.00. The van der Waals surface area contributed by atoms with E-state index in [-0.39, 0.29) is 8.31 Å². The van der Waals surface area contributed by atoms with Crippen LogP contribution in [-0.4, -0.2) is 16.6 Å². The molecule has 0 amide bonds. The van der Waals surface area contributed by atoms with Crippen LogP contribution >= 0.6 is 0 Å². The first-order chi connectivity index (χ1) is 7.60. The normalized spacial score (nSPS) is 16.9. The number of unbranched alkanes of at least 4 members (excludes halogenated alkanes) is 1. The summed E-state index contributed by atoms with van der Waals surface area (Å²) in [5.74, 6) is 0. The summed E-state index contributed by atoms with van der Waals surface area (Å²) in [6.45, 7) is 19.8. The van der Waals surface area contributed by atoms with Crippen molar-refractivity contribution in [2.24, 2.45) is 5.41 Å². The quantitative estimate of drug-likeness (QED) is 0.442. The van der Waals surface area contributed by atoms with E-state index in [1.807, 2.05) is 0 Å². The van der Waals surface area contributed by atoms with Gasteiger partial charge in [0.05, 0.1) is 0 Å². The van der Waals surface area contributed by atoms with Crippen LogP contribution in [0.4, 0.5) is 0 Å². The predicted molar refractivity (Wildman–Crippen MR) is 88.5 cm³/mol. The van der Waals surface area contributed by atoms with E-state index in [0.29, 0.717) is 10.5 Å². The van der Waals surface area contributed by atoms with Crippen molar-refractivity contribution in [2.75, 3.05) is 0 Å². The molecule has 2 atom stereocenters. The summed E-state index contributed by atoms with van der Waals surface area (Å²) < 4.78 is 0. The van der Waals surface area contributed by atoms with Gasteiger partial charge in [-0.25, -0.2) is 0 Å². The molecule has 0 aromatic rings. The third kappa shape index (κ3) is 7.45. The number of rotatable bonds is 7. The molecule has 104 valence electrons. The highest BCUT2D eigenvalue weighted by Crippen LogP contribution is 2.34. The Balaban J connectivity index is 3.91. The Morgan fingerprint density at radius 3 is 1.82 bits per heavy atom. The van der Waals surface area contributed by atoms with E-state index in [9.17, 15) is 0 Å². The van der Waals surface area contributed by atoms with Gasteiger partial charge < -0.3 is 0 Å². The Bertz CT molecular complexity index is 203. The summed E-state index contributed by atoms with van der Waals surface area (Å²) in [6.07, 6.45) is 5.75. The zero-order valence-electron chi connectivity index (χ0n) is 13.7. The number of hydrogen-bond donors (Lipinski definition) is 0. The minimum absolute atomic E-state index is 0.386. The summed E-state index contributed by atoms with van der Waals surface area (Å²) in [5, 5.41) is 0.704. The molecular weight excluding hydrogens is 236 g/mol. The first-order valence-corrected chi connectivity index (χ1v) is 14.0.